The van der Waals surface area contributed by atoms with Crippen LogP contribution in [0, 0.1) is 0 Å². The molecule has 0 aliphatic heterocycles. The minimum absolute atomic E-state index is 0.167. The van der Waals surface area contributed by atoms with Crippen molar-refractivity contribution in [3.63, 3.8) is 0 Å². The summed E-state index contributed by atoms with van der Waals surface area (Å²) in [5.74, 6) is 0. The van der Waals surface area contributed by atoms with Crippen LogP contribution >= 0.6 is 22.9 Å². The van der Waals surface area contributed by atoms with Gasteiger partial charge in [0.25, 0.3) is 0 Å². The quantitative estimate of drug-likeness (QED) is 0.706. The lowest BCUT2D eigenvalue weighted by atomic mass is 9.74. The van der Waals surface area contributed by atoms with Crippen LogP contribution < -0.4 is 0 Å². The fraction of sp³-hybridized carbons (Fsp3) is 0.545. The topological polar surface area (TPSA) is 17.1 Å². The summed E-state index contributed by atoms with van der Waals surface area (Å²) in [6, 6.07) is 4.03. The lowest BCUT2D eigenvalue weighted by Gasteiger charge is -2.32. The Bertz CT molecular complexity index is 312. The Balaban J connectivity index is 2.35. The zero-order valence-corrected chi connectivity index (χ0v) is 9.53. The van der Waals surface area contributed by atoms with E-state index >= 15 is 0 Å². The molecular weight excluding hydrogens is 216 g/mol. The van der Waals surface area contributed by atoms with Gasteiger partial charge in [-0.1, -0.05) is 25.3 Å². The van der Waals surface area contributed by atoms with Crippen LogP contribution in [0.1, 0.15) is 37.0 Å². The van der Waals surface area contributed by atoms with Gasteiger partial charge in [-0.25, -0.2) is 0 Å². The van der Waals surface area contributed by atoms with Crippen LogP contribution in [-0.2, 0) is 10.2 Å². The fourth-order valence-electron chi connectivity index (χ4n) is 2.25. The summed E-state index contributed by atoms with van der Waals surface area (Å²) in [4.78, 5) is 12.7. The molecule has 76 valence electrons. The van der Waals surface area contributed by atoms with Crippen LogP contribution in [0.15, 0.2) is 17.5 Å². The summed E-state index contributed by atoms with van der Waals surface area (Å²) in [6.45, 7) is 0. The van der Waals surface area contributed by atoms with Crippen molar-refractivity contribution in [2.75, 3.05) is 0 Å². The van der Waals surface area contributed by atoms with Crippen LogP contribution in [0.4, 0.5) is 0 Å². The predicted octanol–water partition coefficient (Wildman–Crippen LogP) is 3.72. The van der Waals surface area contributed by atoms with Crippen LogP contribution in [0.5, 0.6) is 0 Å². The van der Waals surface area contributed by atoms with Gasteiger partial charge >= 0.3 is 0 Å². The van der Waals surface area contributed by atoms with E-state index in [9.17, 15) is 4.79 Å². The van der Waals surface area contributed by atoms with Crippen LogP contribution in [-0.4, -0.2) is 5.24 Å². The number of hydrogen-bond acceptors (Lipinski definition) is 2. The van der Waals surface area contributed by atoms with Crippen LogP contribution in [0.2, 0.25) is 0 Å². The highest BCUT2D eigenvalue weighted by molar-refractivity contribution is 7.10. The summed E-state index contributed by atoms with van der Waals surface area (Å²) < 4.78 is 0. The van der Waals surface area contributed by atoms with E-state index < -0.39 is 0 Å². The van der Waals surface area contributed by atoms with E-state index in [1.165, 1.54) is 6.42 Å². The van der Waals surface area contributed by atoms with Gasteiger partial charge in [-0.3, -0.25) is 4.79 Å². The largest absolute Gasteiger partial charge is 0.280 e. The van der Waals surface area contributed by atoms with Crippen LogP contribution in [0.3, 0.4) is 0 Å². The van der Waals surface area contributed by atoms with Crippen molar-refractivity contribution in [2.24, 2.45) is 0 Å². The van der Waals surface area contributed by atoms with Crippen LogP contribution in [0.25, 0.3) is 0 Å². The van der Waals surface area contributed by atoms with E-state index in [0.717, 1.165) is 30.6 Å². The number of thiophene rings is 1. The van der Waals surface area contributed by atoms with Gasteiger partial charge in [-0.15, -0.1) is 11.3 Å². The smallest absolute Gasteiger partial charge is 0.233 e. The van der Waals surface area contributed by atoms with Crippen molar-refractivity contribution < 1.29 is 4.79 Å². The van der Waals surface area contributed by atoms with Crippen molar-refractivity contribution in [1.29, 1.82) is 0 Å². The molecule has 1 aliphatic carbocycles. The van der Waals surface area contributed by atoms with Gasteiger partial charge < -0.3 is 0 Å². The second-order valence-electron chi connectivity index (χ2n) is 3.89. The van der Waals surface area contributed by atoms with E-state index in [2.05, 4.69) is 0 Å². The Hall–Kier alpha value is -0.340. The highest BCUT2D eigenvalue weighted by Crippen LogP contribution is 2.43. The van der Waals surface area contributed by atoms with Gasteiger partial charge in [0.1, 0.15) is 0 Å². The average Bonchev–Trinajstić information content (AvgIpc) is 2.72. The number of hydrogen-bond donors (Lipinski definition) is 0. The molecule has 0 radical (unpaired) electrons. The summed E-state index contributed by atoms with van der Waals surface area (Å²) in [6.07, 6.45) is 5.33. The molecule has 0 saturated heterocycles. The maximum Gasteiger partial charge on any atom is 0.233 e. The first-order valence-electron chi connectivity index (χ1n) is 5.00. The van der Waals surface area contributed by atoms with E-state index in [1.54, 1.807) is 11.3 Å². The molecule has 2 rings (SSSR count). The average molecular weight is 229 g/mol. The molecular formula is C11H13ClOS. The molecule has 0 atom stereocenters. The summed E-state index contributed by atoms with van der Waals surface area (Å²) in [5.41, 5.74) is -0.353. The van der Waals surface area contributed by atoms with Crippen molar-refractivity contribution >= 4 is 28.2 Å². The molecule has 1 nitrogen and oxygen atoms in total. The second-order valence-corrected chi connectivity index (χ2v) is 5.18. The van der Waals surface area contributed by atoms with Gasteiger partial charge in [0.05, 0.1) is 5.41 Å². The highest BCUT2D eigenvalue weighted by atomic mass is 35.5. The molecule has 14 heavy (non-hydrogen) atoms. The van der Waals surface area contributed by atoms with Gasteiger partial charge in [0.2, 0.25) is 5.24 Å². The summed E-state index contributed by atoms with van der Waals surface area (Å²) in [5, 5.41) is 1.85. The molecule has 1 fully saturated rings. The van der Waals surface area contributed by atoms with Crippen molar-refractivity contribution in [2.45, 2.75) is 37.5 Å². The monoisotopic (exact) mass is 228 g/mol. The molecule has 3 heteroatoms. The Kier molecular flexibility index (Phi) is 2.93. The zero-order chi connectivity index (χ0) is 10.0. The number of carbonyl (C=O) groups is 1. The van der Waals surface area contributed by atoms with E-state index in [0.29, 0.717) is 0 Å². The minimum Gasteiger partial charge on any atom is -0.280 e. The van der Waals surface area contributed by atoms with Crippen molar-refractivity contribution in [3.8, 4) is 0 Å². The fourth-order valence-corrected chi connectivity index (χ4v) is 3.58. The minimum atomic E-state index is -0.353. The van der Waals surface area contributed by atoms with E-state index in [1.807, 2.05) is 17.5 Å². The van der Waals surface area contributed by atoms with Gasteiger partial charge in [0, 0.05) is 4.88 Å². The lowest BCUT2D eigenvalue weighted by Crippen LogP contribution is -2.34. The molecule has 0 amide bonds. The second kappa shape index (κ2) is 4.03. The zero-order valence-electron chi connectivity index (χ0n) is 7.96. The lowest BCUT2D eigenvalue weighted by molar-refractivity contribution is -0.117. The summed E-state index contributed by atoms with van der Waals surface area (Å²) >= 11 is 7.42. The van der Waals surface area contributed by atoms with Gasteiger partial charge in [-0.2, -0.15) is 0 Å². The third-order valence-electron chi connectivity index (χ3n) is 3.08. The molecule has 0 spiro atoms. The molecule has 1 aromatic rings. The Morgan fingerprint density at radius 2 is 2.07 bits per heavy atom. The van der Waals surface area contributed by atoms with Gasteiger partial charge in [0.15, 0.2) is 0 Å². The molecule has 1 aromatic heterocycles. The Labute approximate surface area is 93.1 Å². The number of halogens is 1. The van der Waals surface area contributed by atoms with Gasteiger partial charge in [-0.05, 0) is 35.9 Å². The van der Waals surface area contributed by atoms with E-state index in [-0.39, 0.29) is 10.7 Å². The number of carbonyl (C=O) groups excluding carboxylic acids is 1. The first-order valence-corrected chi connectivity index (χ1v) is 6.25. The summed E-state index contributed by atoms with van der Waals surface area (Å²) in [7, 11) is 0. The Morgan fingerprint density at radius 3 is 2.57 bits per heavy atom. The first kappa shape index (κ1) is 10.2. The van der Waals surface area contributed by atoms with E-state index in [4.69, 9.17) is 11.6 Å². The molecule has 1 aliphatic rings. The predicted molar refractivity (Wildman–Crippen MR) is 59.9 cm³/mol. The standard InChI is InChI=1S/C11H13ClOS/c12-10(13)11(6-2-1-3-7-11)9-5-4-8-14-9/h4-5,8H,1-3,6-7H2. The van der Waals surface area contributed by atoms with Crippen molar-refractivity contribution in [3.05, 3.63) is 22.4 Å². The SMILES string of the molecule is O=C(Cl)C1(c2cccs2)CCCCC1. The molecule has 1 saturated carbocycles. The molecule has 1 heterocycles. The Morgan fingerprint density at radius 1 is 1.36 bits per heavy atom. The van der Waals surface area contributed by atoms with Crippen molar-refractivity contribution in [1.82, 2.24) is 0 Å². The molecule has 0 N–H and O–H groups in total. The highest BCUT2D eigenvalue weighted by Gasteiger charge is 2.40. The molecule has 0 aromatic carbocycles. The maximum atomic E-state index is 11.6. The normalized spacial score (nSPS) is 20.6. The molecule has 0 bridgehead atoms. The first-order chi connectivity index (χ1) is 6.76. The third kappa shape index (κ3) is 1.61. The number of rotatable bonds is 2. The molecule has 0 unspecified atom stereocenters. The maximum absolute atomic E-state index is 11.6. The third-order valence-corrected chi connectivity index (χ3v) is 4.51.